The summed E-state index contributed by atoms with van der Waals surface area (Å²) >= 11 is 0. The van der Waals surface area contributed by atoms with Gasteiger partial charge >= 0.3 is 5.82 Å². The van der Waals surface area contributed by atoms with Crippen molar-refractivity contribution in [3.8, 4) is 0 Å². The molecule has 0 radical (unpaired) electrons. The number of hydrogen-bond donors (Lipinski definition) is 1. The van der Waals surface area contributed by atoms with Gasteiger partial charge in [-0.3, -0.25) is 9.48 Å². The van der Waals surface area contributed by atoms with Crippen molar-refractivity contribution in [2.45, 2.75) is 33.0 Å². The van der Waals surface area contributed by atoms with Crippen LogP contribution in [0.5, 0.6) is 0 Å². The topological polar surface area (TPSA) is 108 Å². The third kappa shape index (κ3) is 3.88. The molecule has 2 aromatic rings. The van der Waals surface area contributed by atoms with Gasteiger partial charge in [-0.2, -0.15) is 9.78 Å². The number of nitro groups is 1. The van der Waals surface area contributed by atoms with Crippen LogP contribution >= 0.6 is 0 Å². The maximum atomic E-state index is 11.7. The van der Waals surface area contributed by atoms with Crippen LogP contribution in [0.2, 0.25) is 0 Å². The number of nitrogens with one attached hydrogen (secondary N) is 1. The number of carbonyl (C=O) groups excluding carboxylic acids is 1. The minimum atomic E-state index is -0.567. The fourth-order valence-corrected chi connectivity index (χ4v) is 1.86. The molecule has 1 N–H and O–H groups in total. The highest BCUT2D eigenvalue weighted by Crippen LogP contribution is 2.05. The number of amides is 1. The lowest BCUT2D eigenvalue weighted by Gasteiger charge is -2.06. The second kappa shape index (κ2) is 6.64. The van der Waals surface area contributed by atoms with E-state index in [-0.39, 0.29) is 18.1 Å². The SMILES string of the molecule is CCn1nccc1CNC(=O)CCn1ccc([N+](=O)[O-])n1. The van der Waals surface area contributed by atoms with Crippen molar-refractivity contribution < 1.29 is 9.72 Å². The van der Waals surface area contributed by atoms with Gasteiger partial charge in [-0.15, -0.1) is 0 Å². The average Bonchev–Trinajstić information content (AvgIpc) is 3.11. The summed E-state index contributed by atoms with van der Waals surface area (Å²) in [6, 6.07) is 3.15. The lowest BCUT2D eigenvalue weighted by Crippen LogP contribution is -2.25. The molecule has 0 spiro atoms. The summed E-state index contributed by atoms with van der Waals surface area (Å²) in [5, 5.41) is 21.1. The van der Waals surface area contributed by atoms with Crippen LogP contribution in [-0.4, -0.2) is 30.4 Å². The first-order chi connectivity index (χ1) is 10.1. The van der Waals surface area contributed by atoms with Crippen molar-refractivity contribution >= 4 is 11.7 Å². The quantitative estimate of drug-likeness (QED) is 0.597. The molecular formula is C12H16N6O3. The van der Waals surface area contributed by atoms with Gasteiger partial charge in [0.25, 0.3) is 0 Å². The summed E-state index contributed by atoms with van der Waals surface area (Å²) in [6.07, 6.45) is 3.38. The highest BCUT2D eigenvalue weighted by atomic mass is 16.6. The molecule has 0 aliphatic rings. The number of aromatic nitrogens is 4. The van der Waals surface area contributed by atoms with E-state index in [1.165, 1.54) is 16.9 Å². The molecular weight excluding hydrogens is 276 g/mol. The second-order valence-corrected chi connectivity index (χ2v) is 4.36. The summed E-state index contributed by atoms with van der Waals surface area (Å²) < 4.78 is 3.19. The van der Waals surface area contributed by atoms with Gasteiger partial charge in [-0.1, -0.05) is 0 Å². The first-order valence-corrected chi connectivity index (χ1v) is 6.55. The van der Waals surface area contributed by atoms with Crippen LogP contribution in [0, 0.1) is 10.1 Å². The van der Waals surface area contributed by atoms with Gasteiger partial charge < -0.3 is 15.4 Å². The molecule has 0 aromatic carbocycles. The van der Waals surface area contributed by atoms with Crippen molar-refractivity contribution in [2.75, 3.05) is 0 Å². The molecule has 0 unspecified atom stereocenters. The van der Waals surface area contributed by atoms with E-state index in [2.05, 4.69) is 15.5 Å². The van der Waals surface area contributed by atoms with Crippen LogP contribution in [-0.2, 0) is 24.4 Å². The van der Waals surface area contributed by atoms with Crippen LogP contribution in [0.25, 0.3) is 0 Å². The predicted octanol–water partition coefficient (Wildman–Crippen LogP) is 0.714. The first kappa shape index (κ1) is 14.7. The van der Waals surface area contributed by atoms with Crippen LogP contribution in [0.3, 0.4) is 0 Å². The zero-order chi connectivity index (χ0) is 15.2. The molecule has 21 heavy (non-hydrogen) atoms. The number of aryl methyl sites for hydroxylation is 2. The Labute approximate surface area is 120 Å². The Bertz CT molecular complexity index is 632. The van der Waals surface area contributed by atoms with Gasteiger partial charge in [0.1, 0.15) is 0 Å². The molecule has 2 heterocycles. The fraction of sp³-hybridized carbons (Fsp3) is 0.417. The van der Waals surface area contributed by atoms with E-state index in [0.29, 0.717) is 13.1 Å². The third-order valence-corrected chi connectivity index (χ3v) is 2.95. The van der Waals surface area contributed by atoms with Gasteiger partial charge in [-0.05, 0) is 17.9 Å². The molecule has 9 heteroatoms. The Kier molecular flexibility index (Phi) is 4.64. The van der Waals surface area contributed by atoms with Crippen LogP contribution in [0.4, 0.5) is 5.82 Å². The number of carbonyl (C=O) groups is 1. The lowest BCUT2D eigenvalue weighted by atomic mass is 10.3. The van der Waals surface area contributed by atoms with Crippen molar-refractivity contribution in [3.05, 3.63) is 40.3 Å². The van der Waals surface area contributed by atoms with E-state index >= 15 is 0 Å². The monoisotopic (exact) mass is 292 g/mol. The predicted molar refractivity (Wildman–Crippen MR) is 73.2 cm³/mol. The van der Waals surface area contributed by atoms with Crippen molar-refractivity contribution in [1.29, 1.82) is 0 Å². The summed E-state index contributed by atoms with van der Waals surface area (Å²) in [5.74, 6) is -0.362. The minimum Gasteiger partial charge on any atom is -0.358 e. The van der Waals surface area contributed by atoms with Crippen molar-refractivity contribution in [3.63, 3.8) is 0 Å². The molecule has 0 aliphatic heterocycles. The second-order valence-electron chi connectivity index (χ2n) is 4.36. The molecule has 0 saturated carbocycles. The van der Waals surface area contributed by atoms with Gasteiger partial charge in [0.2, 0.25) is 5.91 Å². The molecule has 0 bridgehead atoms. The van der Waals surface area contributed by atoms with E-state index in [9.17, 15) is 14.9 Å². The summed E-state index contributed by atoms with van der Waals surface area (Å²) in [6.45, 7) is 3.43. The van der Waals surface area contributed by atoms with E-state index in [0.717, 1.165) is 12.2 Å². The zero-order valence-corrected chi connectivity index (χ0v) is 11.6. The number of nitrogens with zero attached hydrogens (tertiary/aromatic N) is 5. The molecule has 0 fully saturated rings. The van der Waals surface area contributed by atoms with E-state index in [1.807, 2.05) is 13.0 Å². The summed E-state index contributed by atoms with van der Waals surface area (Å²) in [5.41, 5.74) is 0.931. The molecule has 2 aromatic heterocycles. The smallest absolute Gasteiger partial charge is 0.358 e. The summed E-state index contributed by atoms with van der Waals surface area (Å²) in [4.78, 5) is 21.7. The van der Waals surface area contributed by atoms with Crippen LogP contribution < -0.4 is 5.32 Å². The Morgan fingerprint density at radius 2 is 2.29 bits per heavy atom. The Morgan fingerprint density at radius 1 is 1.48 bits per heavy atom. The maximum Gasteiger partial charge on any atom is 0.389 e. The lowest BCUT2D eigenvalue weighted by molar-refractivity contribution is -0.389. The van der Waals surface area contributed by atoms with Gasteiger partial charge in [0.05, 0.1) is 36.1 Å². The molecule has 1 amide bonds. The van der Waals surface area contributed by atoms with Gasteiger partial charge in [0, 0.05) is 19.2 Å². The highest BCUT2D eigenvalue weighted by molar-refractivity contribution is 5.75. The maximum absolute atomic E-state index is 11.7. The highest BCUT2D eigenvalue weighted by Gasteiger charge is 2.12. The molecule has 112 valence electrons. The van der Waals surface area contributed by atoms with Crippen LogP contribution in [0.15, 0.2) is 24.5 Å². The third-order valence-electron chi connectivity index (χ3n) is 2.95. The van der Waals surface area contributed by atoms with Crippen molar-refractivity contribution in [2.24, 2.45) is 0 Å². The molecule has 9 nitrogen and oxygen atoms in total. The standard InChI is InChI=1S/C12H16N6O3/c1-2-17-10(3-6-14-17)9-13-12(19)5-8-16-7-4-11(15-16)18(20)21/h3-4,6-7H,2,5,8-9H2,1H3,(H,13,19). The zero-order valence-electron chi connectivity index (χ0n) is 11.6. The van der Waals surface area contributed by atoms with Gasteiger partial charge in [-0.25, -0.2) is 0 Å². The average molecular weight is 292 g/mol. The van der Waals surface area contributed by atoms with E-state index in [1.54, 1.807) is 10.9 Å². The van der Waals surface area contributed by atoms with Crippen LogP contribution in [0.1, 0.15) is 19.0 Å². The van der Waals surface area contributed by atoms with E-state index < -0.39 is 4.92 Å². The van der Waals surface area contributed by atoms with Gasteiger partial charge in [0.15, 0.2) is 0 Å². The fourth-order valence-electron chi connectivity index (χ4n) is 1.86. The van der Waals surface area contributed by atoms with E-state index in [4.69, 9.17) is 0 Å². The first-order valence-electron chi connectivity index (χ1n) is 6.55. The number of hydrogen-bond acceptors (Lipinski definition) is 5. The Balaban J connectivity index is 1.78. The molecule has 2 rings (SSSR count). The normalized spacial score (nSPS) is 10.5. The molecule has 0 atom stereocenters. The number of rotatable bonds is 7. The Hall–Kier alpha value is -2.71. The van der Waals surface area contributed by atoms with Crippen molar-refractivity contribution in [1.82, 2.24) is 24.9 Å². The Morgan fingerprint density at radius 3 is 2.95 bits per heavy atom. The minimum absolute atomic E-state index is 0.142. The largest absolute Gasteiger partial charge is 0.389 e. The molecule has 0 aliphatic carbocycles. The summed E-state index contributed by atoms with van der Waals surface area (Å²) in [7, 11) is 0. The molecule has 0 saturated heterocycles.